The van der Waals surface area contributed by atoms with E-state index in [4.69, 9.17) is 11.6 Å². The summed E-state index contributed by atoms with van der Waals surface area (Å²) in [6.45, 7) is 2.99. The Morgan fingerprint density at radius 3 is 2.72 bits per heavy atom. The largest absolute Gasteiger partial charge is 0.310 e. The van der Waals surface area contributed by atoms with Crippen LogP contribution >= 0.6 is 23.4 Å². The number of aromatic nitrogens is 4. The third-order valence-corrected chi connectivity index (χ3v) is 5.42. The Balaban J connectivity index is 2.13. The quantitative estimate of drug-likeness (QED) is 0.810. The fourth-order valence-corrected chi connectivity index (χ4v) is 3.47. The zero-order valence-corrected chi connectivity index (χ0v) is 12.5. The van der Waals surface area contributed by atoms with E-state index in [0.717, 1.165) is 29.2 Å². The van der Waals surface area contributed by atoms with Crippen molar-refractivity contribution >= 4 is 34.5 Å². The van der Waals surface area contributed by atoms with Crippen molar-refractivity contribution in [2.24, 2.45) is 7.05 Å². The molecule has 98 valence electrons. The van der Waals surface area contributed by atoms with Crippen molar-refractivity contribution in [1.82, 2.24) is 19.3 Å². The predicted octanol–water partition coefficient (Wildman–Crippen LogP) is 2.71. The van der Waals surface area contributed by atoms with Crippen molar-refractivity contribution in [2.45, 2.75) is 36.9 Å². The van der Waals surface area contributed by atoms with Crippen LogP contribution in [0.1, 0.15) is 24.4 Å². The summed E-state index contributed by atoms with van der Waals surface area (Å²) in [6, 6.07) is 0. The van der Waals surface area contributed by atoms with Crippen molar-refractivity contribution in [3.8, 4) is 0 Å². The number of alkyl halides is 1. The number of rotatable bonds is 4. The van der Waals surface area contributed by atoms with Gasteiger partial charge in [0.1, 0.15) is 11.3 Å². The number of aryl methyl sites for hydroxylation is 2. The summed E-state index contributed by atoms with van der Waals surface area (Å²) >= 11 is 7.99. The van der Waals surface area contributed by atoms with Crippen LogP contribution in [-0.4, -0.2) is 30.3 Å². The second kappa shape index (κ2) is 4.17. The highest BCUT2D eigenvalue weighted by molar-refractivity contribution is 8.00. The lowest BCUT2D eigenvalue weighted by molar-refractivity contribution is 0.627. The van der Waals surface area contributed by atoms with Crippen LogP contribution in [0.2, 0.25) is 0 Å². The Morgan fingerprint density at radius 2 is 2.17 bits per heavy atom. The van der Waals surface area contributed by atoms with Gasteiger partial charge in [-0.25, -0.2) is 4.98 Å². The summed E-state index contributed by atoms with van der Waals surface area (Å²) in [5.74, 6) is 1.42. The zero-order valence-electron chi connectivity index (χ0n) is 10.9. The van der Waals surface area contributed by atoms with E-state index in [1.54, 1.807) is 0 Å². The van der Waals surface area contributed by atoms with Crippen LogP contribution in [0.4, 0.5) is 0 Å². The molecule has 0 aromatic carbocycles. The summed E-state index contributed by atoms with van der Waals surface area (Å²) in [5.41, 5.74) is 3.07. The van der Waals surface area contributed by atoms with Gasteiger partial charge in [-0.15, -0.1) is 11.6 Å². The molecule has 4 nitrogen and oxygen atoms in total. The van der Waals surface area contributed by atoms with Crippen LogP contribution in [-0.2, 0) is 19.5 Å². The molecule has 1 aliphatic carbocycles. The Kier molecular flexibility index (Phi) is 2.86. The van der Waals surface area contributed by atoms with Gasteiger partial charge in [-0.1, -0.05) is 0 Å². The molecular weight excluding hydrogens is 268 g/mol. The second-order valence-electron chi connectivity index (χ2n) is 5.02. The van der Waals surface area contributed by atoms with Crippen LogP contribution in [0.3, 0.4) is 0 Å². The van der Waals surface area contributed by atoms with Crippen molar-refractivity contribution in [3.63, 3.8) is 0 Å². The van der Waals surface area contributed by atoms with E-state index in [0.29, 0.717) is 10.6 Å². The molecular formula is C12H17ClN4S. The molecule has 2 heterocycles. The molecule has 1 saturated carbocycles. The monoisotopic (exact) mass is 284 g/mol. The normalized spacial score (nSPS) is 17.6. The van der Waals surface area contributed by atoms with Gasteiger partial charge < -0.3 is 4.57 Å². The van der Waals surface area contributed by atoms with Gasteiger partial charge in [0.15, 0.2) is 5.65 Å². The number of nitrogens with zero attached hydrogens (tertiary/aromatic N) is 4. The fraction of sp³-hybridized carbons (Fsp3) is 0.667. The first kappa shape index (κ1) is 12.4. The van der Waals surface area contributed by atoms with E-state index in [9.17, 15) is 0 Å². The summed E-state index contributed by atoms with van der Waals surface area (Å²) in [7, 11) is 1.98. The number of hydrogen-bond donors (Lipinski definition) is 0. The average molecular weight is 285 g/mol. The molecule has 1 fully saturated rings. The SMILES string of the molecule is CSC1(Cn2c(CCl)nc3c(C)nn(C)c32)CC1. The molecule has 3 rings (SSSR count). The van der Waals surface area contributed by atoms with E-state index in [1.165, 1.54) is 12.8 Å². The van der Waals surface area contributed by atoms with E-state index in [-0.39, 0.29) is 0 Å². The molecule has 0 aliphatic heterocycles. The van der Waals surface area contributed by atoms with Crippen LogP contribution in [0.25, 0.3) is 11.2 Å². The molecule has 0 unspecified atom stereocenters. The van der Waals surface area contributed by atoms with Gasteiger partial charge in [0.25, 0.3) is 0 Å². The molecule has 0 amide bonds. The molecule has 18 heavy (non-hydrogen) atoms. The summed E-state index contributed by atoms with van der Waals surface area (Å²) in [4.78, 5) is 4.64. The average Bonchev–Trinajstić information content (AvgIpc) is 2.94. The van der Waals surface area contributed by atoms with E-state index in [1.807, 2.05) is 30.4 Å². The van der Waals surface area contributed by atoms with Gasteiger partial charge in [0.2, 0.25) is 0 Å². The van der Waals surface area contributed by atoms with Crippen LogP contribution in [0.5, 0.6) is 0 Å². The van der Waals surface area contributed by atoms with Gasteiger partial charge in [0, 0.05) is 18.3 Å². The maximum Gasteiger partial charge on any atom is 0.158 e. The van der Waals surface area contributed by atoms with Gasteiger partial charge in [-0.3, -0.25) is 4.68 Å². The summed E-state index contributed by atoms with van der Waals surface area (Å²) in [6.07, 6.45) is 4.76. The molecule has 0 atom stereocenters. The lowest BCUT2D eigenvalue weighted by Gasteiger charge is -2.15. The van der Waals surface area contributed by atoms with Gasteiger partial charge in [-0.2, -0.15) is 16.9 Å². The molecule has 6 heteroatoms. The molecule has 0 saturated heterocycles. The van der Waals surface area contributed by atoms with E-state index in [2.05, 4.69) is 20.9 Å². The van der Waals surface area contributed by atoms with Crippen LogP contribution in [0.15, 0.2) is 0 Å². The van der Waals surface area contributed by atoms with Gasteiger partial charge in [-0.05, 0) is 26.0 Å². The molecule has 0 radical (unpaired) electrons. The zero-order chi connectivity index (χ0) is 12.9. The minimum Gasteiger partial charge on any atom is -0.310 e. The maximum atomic E-state index is 6.04. The van der Waals surface area contributed by atoms with Crippen molar-refractivity contribution in [1.29, 1.82) is 0 Å². The molecule has 0 bridgehead atoms. The first-order valence-electron chi connectivity index (χ1n) is 6.10. The molecule has 2 aromatic rings. The first-order chi connectivity index (χ1) is 8.60. The Bertz CT molecular complexity index is 597. The predicted molar refractivity (Wildman–Crippen MR) is 76.3 cm³/mol. The third-order valence-electron chi connectivity index (χ3n) is 3.78. The van der Waals surface area contributed by atoms with Crippen molar-refractivity contribution in [2.75, 3.05) is 6.26 Å². The van der Waals surface area contributed by atoms with Gasteiger partial charge in [0.05, 0.1) is 11.6 Å². The lowest BCUT2D eigenvalue weighted by Crippen LogP contribution is -2.17. The minimum atomic E-state index is 0.395. The first-order valence-corrected chi connectivity index (χ1v) is 7.86. The van der Waals surface area contributed by atoms with E-state index >= 15 is 0 Å². The van der Waals surface area contributed by atoms with Gasteiger partial charge >= 0.3 is 0 Å². The van der Waals surface area contributed by atoms with Crippen molar-refractivity contribution < 1.29 is 0 Å². The number of imidazole rings is 1. The standard InChI is InChI=1S/C12H17ClN4S/c1-8-10-11(16(2)15-8)17(9(6-13)14-10)7-12(18-3)4-5-12/h4-7H2,1-3H3. The minimum absolute atomic E-state index is 0.395. The number of fused-ring (bicyclic) bond motifs is 1. The Morgan fingerprint density at radius 1 is 1.44 bits per heavy atom. The molecule has 0 N–H and O–H groups in total. The van der Waals surface area contributed by atoms with Crippen LogP contribution < -0.4 is 0 Å². The number of hydrogen-bond acceptors (Lipinski definition) is 3. The molecule has 0 spiro atoms. The summed E-state index contributed by atoms with van der Waals surface area (Å²) < 4.78 is 4.57. The highest BCUT2D eigenvalue weighted by atomic mass is 35.5. The smallest absolute Gasteiger partial charge is 0.158 e. The topological polar surface area (TPSA) is 35.6 Å². The maximum absolute atomic E-state index is 6.04. The highest BCUT2D eigenvalue weighted by Gasteiger charge is 2.43. The number of thioether (sulfide) groups is 1. The molecule has 1 aliphatic rings. The summed E-state index contributed by atoms with van der Waals surface area (Å²) in [5, 5.41) is 4.45. The van der Waals surface area contributed by atoms with Crippen molar-refractivity contribution in [3.05, 3.63) is 11.5 Å². The second-order valence-corrected chi connectivity index (χ2v) is 6.56. The Labute approximate surface area is 116 Å². The Hall–Kier alpha value is -0.680. The van der Waals surface area contributed by atoms with E-state index < -0.39 is 0 Å². The molecule has 2 aromatic heterocycles. The number of halogens is 1. The fourth-order valence-electron chi connectivity index (χ4n) is 2.50. The third kappa shape index (κ3) is 1.75. The van der Waals surface area contributed by atoms with Crippen LogP contribution in [0, 0.1) is 6.92 Å². The lowest BCUT2D eigenvalue weighted by atomic mass is 10.4. The highest BCUT2D eigenvalue weighted by Crippen LogP contribution is 2.49.